The molecule has 0 unspecified atom stereocenters. The highest BCUT2D eigenvalue weighted by Gasteiger charge is 2.24. The van der Waals surface area contributed by atoms with Crippen LogP contribution in [0.5, 0.6) is 0 Å². The number of nitrogens with zero attached hydrogens (tertiary/aromatic N) is 1. The number of aromatic nitrogens is 2. The maximum absolute atomic E-state index is 13.2. The van der Waals surface area contributed by atoms with Crippen LogP contribution in [0.2, 0.25) is 0 Å². The molecule has 0 saturated heterocycles. The molecular weight excluding hydrogens is 366 g/mol. The van der Waals surface area contributed by atoms with Crippen LogP contribution in [-0.4, -0.2) is 15.9 Å². The predicted molar refractivity (Wildman–Crippen MR) is 114 cm³/mol. The van der Waals surface area contributed by atoms with Gasteiger partial charge in [-0.1, -0.05) is 60.7 Å². The van der Waals surface area contributed by atoms with Gasteiger partial charge in [-0.25, -0.2) is 4.98 Å². The van der Waals surface area contributed by atoms with Crippen LogP contribution in [0.4, 0.5) is 0 Å². The third kappa shape index (κ3) is 4.10. The molecule has 140 valence electrons. The number of amides is 1. The number of nitrogens with one attached hydrogen (secondary N) is 2. The Balaban J connectivity index is 1.56. The van der Waals surface area contributed by atoms with Crippen LogP contribution in [0.3, 0.4) is 0 Å². The van der Waals surface area contributed by atoms with Crippen molar-refractivity contribution in [2.75, 3.05) is 0 Å². The minimum atomic E-state index is -0.338. The van der Waals surface area contributed by atoms with Gasteiger partial charge >= 0.3 is 0 Å². The van der Waals surface area contributed by atoms with E-state index in [1.807, 2.05) is 91.9 Å². The highest BCUT2D eigenvalue weighted by atomic mass is 32.2. The van der Waals surface area contributed by atoms with E-state index in [0.29, 0.717) is 0 Å². The summed E-state index contributed by atoms with van der Waals surface area (Å²) in [6, 6.07) is 27.5. The number of hydrogen-bond acceptors (Lipinski definition) is 3. The van der Waals surface area contributed by atoms with E-state index in [1.54, 1.807) is 11.8 Å². The quantitative estimate of drug-likeness (QED) is 0.443. The Morgan fingerprint density at radius 2 is 1.57 bits per heavy atom. The number of para-hydroxylation sites is 2. The highest BCUT2D eigenvalue weighted by molar-refractivity contribution is 8.00. The molecule has 0 aliphatic heterocycles. The number of carbonyl (C=O) groups is 1. The Hall–Kier alpha value is -3.05. The van der Waals surface area contributed by atoms with E-state index < -0.39 is 0 Å². The Morgan fingerprint density at radius 3 is 2.29 bits per heavy atom. The van der Waals surface area contributed by atoms with Crippen molar-refractivity contribution in [1.29, 1.82) is 0 Å². The molecule has 0 aliphatic carbocycles. The van der Waals surface area contributed by atoms with Gasteiger partial charge < -0.3 is 10.3 Å². The highest BCUT2D eigenvalue weighted by Crippen LogP contribution is 2.35. The molecule has 0 aliphatic rings. The van der Waals surface area contributed by atoms with Crippen LogP contribution < -0.4 is 5.32 Å². The van der Waals surface area contributed by atoms with E-state index in [2.05, 4.69) is 15.3 Å². The number of fused-ring (bicyclic) bond motifs is 1. The second-order valence-corrected chi connectivity index (χ2v) is 7.77. The molecule has 0 bridgehead atoms. The fraction of sp³-hybridized carbons (Fsp3) is 0.130. The van der Waals surface area contributed by atoms with Crippen molar-refractivity contribution in [2.45, 2.75) is 23.1 Å². The summed E-state index contributed by atoms with van der Waals surface area (Å²) in [5.41, 5.74) is 2.85. The zero-order valence-electron chi connectivity index (χ0n) is 15.5. The van der Waals surface area contributed by atoms with Gasteiger partial charge in [0.15, 0.2) is 0 Å². The van der Waals surface area contributed by atoms with Crippen LogP contribution in [0.15, 0.2) is 89.8 Å². The van der Waals surface area contributed by atoms with Gasteiger partial charge in [-0.2, -0.15) is 0 Å². The van der Waals surface area contributed by atoms with Crippen molar-refractivity contribution in [3.05, 3.63) is 96.3 Å². The maximum atomic E-state index is 13.2. The van der Waals surface area contributed by atoms with Gasteiger partial charge in [0.05, 0.1) is 17.1 Å². The number of benzene rings is 3. The fourth-order valence-electron chi connectivity index (χ4n) is 3.07. The zero-order chi connectivity index (χ0) is 19.3. The standard InChI is InChI=1S/C23H21N3OS/c1-16(22-25-19-14-8-9-15-20(19)26-22)24-23(27)21(17-10-4-2-5-11-17)28-18-12-6-3-7-13-18/h2-16,21H,1H3,(H,24,27)(H,25,26)/t16-,21-/m0/s1. The van der Waals surface area contributed by atoms with E-state index in [4.69, 9.17) is 0 Å². The van der Waals surface area contributed by atoms with Gasteiger partial charge in [0, 0.05) is 4.90 Å². The molecule has 4 rings (SSSR count). The van der Waals surface area contributed by atoms with Crippen LogP contribution >= 0.6 is 11.8 Å². The van der Waals surface area contributed by atoms with Crippen LogP contribution in [0, 0.1) is 0 Å². The number of hydrogen-bond donors (Lipinski definition) is 2. The van der Waals surface area contributed by atoms with Crippen molar-refractivity contribution in [3.63, 3.8) is 0 Å². The van der Waals surface area contributed by atoms with Gasteiger partial charge in [-0.05, 0) is 36.8 Å². The Kier molecular flexibility index (Phi) is 5.44. The number of thioether (sulfide) groups is 1. The fourth-order valence-corrected chi connectivity index (χ4v) is 4.13. The second-order valence-electron chi connectivity index (χ2n) is 6.59. The molecule has 5 heteroatoms. The zero-order valence-corrected chi connectivity index (χ0v) is 16.3. The maximum Gasteiger partial charge on any atom is 0.238 e. The van der Waals surface area contributed by atoms with E-state index in [0.717, 1.165) is 27.3 Å². The predicted octanol–water partition coefficient (Wildman–Crippen LogP) is 5.27. The third-order valence-electron chi connectivity index (χ3n) is 4.51. The van der Waals surface area contributed by atoms with E-state index in [9.17, 15) is 4.79 Å². The molecule has 1 heterocycles. The number of imidazole rings is 1. The molecule has 4 aromatic rings. The van der Waals surface area contributed by atoms with Crippen LogP contribution in [0.1, 0.15) is 29.6 Å². The monoisotopic (exact) mass is 387 g/mol. The van der Waals surface area contributed by atoms with Crippen molar-refractivity contribution in [3.8, 4) is 0 Å². The summed E-state index contributed by atoms with van der Waals surface area (Å²) in [4.78, 5) is 22.1. The first-order chi connectivity index (χ1) is 13.7. The van der Waals surface area contributed by atoms with Crippen molar-refractivity contribution in [2.24, 2.45) is 0 Å². The van der Waals surface area contributed by atoms with E-state index in [-0.39, 0.29) is 17.2 Å². The molecule has 0 spiro atoms. The summed E-state index contributed by atoms with van der Waals surface area (Å²) in [5.74, 6) is 0.721. The van der Waals surface area contributed by atoms with Gasteiger partial charge in [-0.15, -0.1) is 11.8 Å². The van der Waals surface area contributed by atoms with Gasteiger partial charge in [0.25, 0.3) is 0 Å². The Bertz CT molecular complexity index is 1030. The molecule has 0 fully saturated rings. The largest absolute Gasteiger partial charge is 0.345 e. The Morgan fingerprint density at radius 1 is 0.929 bits per heavy atom. The number of H-pyrrole nitrogens is 1. The summed E-state index contributed by atoms with van der Waals surface area (Å²) in [7, 11) is 0. The lowest BCUT2D eigenvalue weighted by molar-refractivity contribution is -0.121. The lowest BCUT2D eigenvalue weighted by Crippen LogP contribution is -2.31. The molecule has 4 nitrogen and oxygen atoms in total. The topological polar surface area (TPSA) is 57.8 Å². The number of aromatic amines is 1. The van der Waals surface area contributed by atoms with Gasteiger partial charge in [-0.3, -0.25) is 4.79 Å². The van der Waals surface area contributed by atoms with Crippen LogP contribution in [-0.2, 0) is 4.79 Å². The number of carbonyl (C=O) groups excluding carboxylic acids is 1. The molecule has 1 aromatic heterocycles. The van der Waals surface area contributed by atoms with Crippen molar-refractivity contribution >= 4 is 28.7 Å². The van der Waals surface area contributed by atoms with E-state index in [1.165, 1.54) is 0 Å². The molecule has 2 atom stereocenters. The summed E-state index contributed by atoms with van der Waals surface area (Å²) in [6.07, 6.45) is 0. The van der Waals surface area contributed by atoms with Crippen molar-refractivity contribution < 1.29 is 4.79 Å². The van der Waals surface area contributed by atoms with Crippen molar-refractivity contribution in [1.82, 2.24) is 15.3 Å². The second kappa shape index (κ2) is 8.31. The SMILES string of the molecule is C[C@H](NC(=O)[C@@H](Sc1ccccc1)c1ccccc1)c1nc2ccccc2[nH]1. The number of rotatable bonds is 6. The minimum Gasteiger partial charge on any atom is -0.345 e. The first-order valence-electron chi connectivity index (χ1n) is 9.22. The first-order valence-corrected chi connectivity index (χ1v) is 10.1. The summed E-state index contributed by atoms with van der Waals surface area (Å²) in [6.45, 7) is 1.95. The average Bonchev–Trinajstić information content (AvgIpc) is 3.18. The molecule has 2 N–H and O–H groups in total. The smallest absolute Gasteiger partial charge is 0.238 e. The summed E-state index contributed by atoms with van der Waals surface area (Å²) in [5, 5.41) is 2.78. The molecule has 0 radical (unpaired) electrons. The molecule has 3 aromatic carbocycles. The van der Waals surface area contributed by atoms with E-state index >= 15 is 0 Å². The first kappa shape index (κ1) is 18.3. The molecule has 28 heavy (non-hydrogen) atoms. The summed E-state index contributed by atoms with van der Waals surface area (Å²) < 4.78 is 0. The average molecular weight is 388 g/mol. The lowest BCUT2D eigenvalue weighted by Gasteiger charge is -2.19. The minimum absolute atomic E-state index is 0.0343. The molecule has 0 saturated carbocycles. The lowest BCUT2D eigenvalue weighted by atomic mass is 10.1. The third-order valence-corrected chi connectivity index (χ3v) is 5.78. The van der Waals surface area contributed by atoms with Gasteiger partial charge in [0.1, 0.15) is 11.1 Å². The molecule has 1 amide bonds. The molecular formula is C23H21N3OS. The van der Waals surface area contributed by atoms with Crippen LogP contribution in [0.25, 0.3) is 11.0 Å². The normalized spacial score (nSPS) is 13.2. The Labute approximate surface area is 168 Å². The summed E-state index contributed by atoms with van der Waals surface area (Å²) >= 11 is 1.55. The van der Waals surface area contributed by atoms with Gasteiger partial charge in [0.2, 0.25) is 5.91 Å².